The lowest BCUT2D eigenvalue weighted by molar-refractivity contribution is -0.121. The average molecular weight is 219 g/mol. The molecule has 0 saturated carbocycles. The molecule has 1 amide bonds. The third-order valence-electron chi connectivity index (χ3n) is 2.01. The van der Waals surface area contributed by atoms with Gasteiger partial charge in [0, 0.05) is 19.4 Å². The Bertz CT molecular complexity index is 441. The van der Waals surface area contributed by atoms with Crippen molar-refractivity contribution < 1.29 is 4.79 Å². The summed E-state index contributed by atoms with van der Waals surface area (Å²) in [7, 11) is 1.60. The minimum atomic E-state index is -0.131. The molecule has 1 aliphatic heterocycles. The number of hydrogen-bond acceptors (Lipinski definition) is 4. The summed E-state index contributed by atoms with van der Waals surface area (Å²) >= 11 is 1.17. The van der Waals surface area contributed by atoms with Crippen LogP contribution in [0.25, 0.3) is 6.08 Å². The minimum absolute atomic E-state index is 0.131. The number of amides is 1. The Morgan fingerprint density at radius 1 is 1.60 bits per heavy atom. The number of pyridine rings is 1. The van der Waals surface area contributed by atoms with Crippen molar-refractivity contribution in [1.82, 2.24) is 9.88 Å². The molecule has 1 aliphatic rings. The summed E-state index contributed by atoms with van der Waals surface area (Å²) in [5, 5.41) is 7.75. The second-order valence-electron chi connectivity index (χ2n) is 3.07. The number of hydrogen-bond donors (Lipinski definition) is 1. The predicted molar refractivity (Wildman–Crippen MR) is 60.3 cm³/mol. The molecule has 2 heterocycles. The third-order valence-corrected chi connectivity index (χ3v) is 2.99. The van der Waals surface area contributed by atoms with E-state index >= 15 is 0 Å². The number of nitrogens with zero attached hydrogens (tertiary/aromatic N) is 2. The highest BCUT2D eigenvalue weighted by Crippen LogP contribution is 2.29. The molecule has 1 saturated heterocycles. The van der Waals surface area contributed by atoms with Gasteiger partial charge in [0.15, 0.2) is 5.17 Å². The summed E-state index contributed by atoms with van der Waals surface area (Å²) < 4.78 is 0. The first-order chi connectivity index (χ1) is 7.18. The maximum Gasteiger partial charge on any atom is 0.266 e. The Balaban J connectivity index is 2.30. The topological polar surface area (TPSA) is 57.1 Å². The fourth-order valence-corrected chi connectivity index (χ4v) is 2.03. The molecule has 1 aromatic rings. The summed E-state index contributed by atoms with van der Waals surface area (Å²) in [6.45, 7) is 0. The summed E-state index contributed by atoms with van der Waals surface area (Å²) in [4.78, 5) is 17.4. The summed E-state index contributed by atoms with van der Waals surface area (Å²) in [6, 6.07) is 3.68. The van der Waals surface area contributed by atoms with Gasteiger partial charge in [-0.2, -0.15) is 0 Å². The molecule has 0 spiro atoms. The Labute approximate surface area is 91.5 Å². The van der Waals surface area contributed by atoms with Crippen molar-refractivity contribution in [3.05, 3.63) is 35.0 Å². The molecular formula is C10H9N3OS. The van der Waals surface area contributed by atoms with Gasteiger partial charge in [0.25, 0.3) is 5.91 Å². The lowest BCUT2D eigenvalue weighted by atomic mass is 10.2. The van der Waals surface area contributed by atoms with Crippen LogP contribution in [0, 0.1) is 5.41 Å². The largest absolute Gasteiger partial charge is 0.290 e. The zero-order chi connectivity index (χ0) is 10.8. The normalized spacial score (nSPS) is 19.0. The standard InChI is InChI=1S/C10H9N3OS/c1-13-9(14)8(15-10(13)11)5-7-3-2-4-12-6-7/h2-6,11H,1H3/b8-5-,11-10?. The molecule has 1 aromatic heterocycles. The molecule has 0 unspecified atom stereocenters. The van der Waals surface area contributed by atoms with Gasteiger partial charge in [-0.1, -0.05) is 6.07 Å². The lowest BCUT2D eigenvalue weighted by Crippen LogP contribution is -2.22. The first kappa shape index (κ1) is 9.92. The number of thioether (sulfide) groups is 1. The monoisotopic (exact) mass is 219 g/mol. The molecule has 5 heteroatoms. The van der Waals surface area contributed by atoms with Gasteiger partial charge in [-0.05, 0) is 29.5 Å². The summed E-state index contributed by atoms with van der Waals surface area (Å²) in [5.41, 5.74) is 0.872. The number of carbonyl (C=O) groups is 1. The zero-order valence-corrected chi connectivity index (χ0v) is 8.91. The Hall–Kier alpha value is -1.62. The van der Waals surface area contributed by atoms with E-state index in [-0.39, 0.29) is 11.1 Å². The number of rotatable bonds is 1. The highest BCUT2D eigenvalue weighted by molar-refractivity contribution is 8.18. The molecule has 0 atom stereocenters. The van der Waals surface area contributed by atoms with Crippen molar-refractivity contribution in [2.75, 3.05) is 7.05 Å². The van der Waals surface area contributed by atoms with Crippen LogP contribution >= 0.6 is 11.8 Å². The molecule has 0 radical (unpaired) electrons. The van der Waals surface area contributed by atoms with E-state index in [1.165, 1.54) is 16.7 Å². The number of likely N-dealkylation sites (N-methyl/N-ethyl adjacent to an activating group) is 1. The second kappa shape index (κ2) is 3.86. The molecule has 0 bridgehead atoms. The highest BCUT2D eigenvalue weighted by atomic mass is 32.2. The van der Waals surface area contributed by atoms with Crippen LogP contribution in [0.3, 0.4) is 0 Å². The van der Waals surface area contributed by atoms with E-state index in [4.69, 9.17) is 5.41 Å². The quantitative estimate of drug-likeness (QED) is 0.729. The maximum absolute atomic E-state index is 11.6. The van der Waals surface area contributed by atoms with Crippen molar-refractivity contribution in [1.29, 1.82) is 5.41 Å². The van der Waals surface area contributed by atoms with Gasteiger partial charge in [0.1, 0.15) is 0 Å². The molecule has 76 valence electrons. The van der Waals surface area contributed by atoms with Crippen LogP contribution in [-0.2, 0) is 4.79 Å². The van der Waals surface area contributed by atoms with Crippen LogP contribution in [0.2, 0.25) is 0 Å². The molecule has 2 rings (SSSR count). The highest BCUT2D eigenvalue weighted by Gasteiger charge is 2.28. The number of carbonyl (C=O) groups excluding carboxylic acids is 1. The molecular weight excluding hydrogens is 210 g/mol. The molecule has 4 nitrogen and oxygen atoms in total. The van der Waals surface area contributed by atoms with Gasteiger partial charge in [-0.15, -0.1) is 0 Å². The maximum atomic E-state index is 11.6. The minimum Gasteiger partial charge on any atom is -0.290 e. The van der Waals surface area contributed by atoms with Gasteiger partial charge < -0.3 is 0 Å². The van der Waals surface area contributed by atoms with Gasteiger partial charge in [0.05, 0.1) is 4.91 Å². The first-order valence-corrected chi connectivity index (χ1v) is 5.16. The van der Waals surface area contributed by atoms with E-state index in [2.05, 4.69) is 4.98 Å². The fraction of sp³-hybridized carbons (Fsp3) is 0.100. The average Bonchev–Trinajstić information content (AvgIpc) is 2.48. The van der Waals surface area contributed by atoms with Gasteiger partial charge in [-0.25, -0.2) is 0 Å². The molecule has 1 fully saturated rings. The van der Waals surface area contributed by atoms with Crippen molar-refractivity contribution in [2.45, 2.75) is 0 Å². The second-order valence-corrected chi connectivity index (χ2v) is 4.10. The van der Waals surface area contributed by atoms with Gasteiger partial charge in [-0.3, -0.25) is 20.1 Å². The smallest absolute Gasteiger partial charge is 0.266 e. The van der Waals surface area contributed by atoms with E-state index in [9.17, 15) is 4.79 Å². The predicted octanol–water partition coefficient (Wildman–Crippen LogP) is 1.56. The SMILES string of the molecule is CN1C(=N)S/C(=C\c2cccnc2)C1=O. The Morgan fingerprint density at radius 3 is 2.93 bits per heavy atom. The van der Waals surface area contributed by atoms with Crippen molar-refractivity contribution in [2.24, 2.45) is 0 Å². The van der Waals surface area contributed by atoms with Crippen molar-refractivity contribution in [3.63, 3.8) is 0 Å². The number of amidine groups is 1. The van der Waals surface area contributed by atoms with Crippen LogP contribution in [0.4, 0.5) is 0 Å². The lowest BCUT2D eigenvalue weighted by Gasteiger charge is -2.03. The van der Waals surface area contributed by atoms with E-state index in [1.807, 2.05) is 12.1 Å². The Morgan fingerprint density at radius 2 is 2.40 bits per heavy atom. The molecule has 0 aliphatic carbocycles. The van der Waals surface area contributed by atoms with Crippen LogP contribution < -0.4 is 0 Å². The fourth-order valence-electron chi connectivity index (χ4n) is 1.18. The van der Waals surface area contributed by atoms with E-state index < -0.39 is 0 Å². The van der Waals surface area contributed by atoms with Gasteiger partial charge in [0.2, 0.25) is 0 Å². The first-order valence-electron chi connectivity index (χ1n) is 4.34. The molecule has 0 aromatic carbocycles. The van der Waals surface area contributed by atoms with Crippen molar-refractivity contribution in [3.8, 4) is 0 Å². The number of nitrogens with one attached hydrogen (secondary N) is 1. The number of aromatic nitrogens is 1. The van der Waals surface area contributed by atoms with Gasteiger partial charge >= 0.3 is 0 Å². The molecule has 1 N–H and O–H groups in total. The van der Waals surface area contributed by atoms with Crippen LogP contribution in [0.1, 0.15) is 5.56 Å². The van der Waals surface area contributed by atoms with E-state index in [1.54, 1.807) is 25.5 Å². The van der Waals surface area contributed by atoms with Crippen molar-refractivity contribution >= 4 is 28.9 Å². The van der Waals surface area contributed by atoms with E-state index in [0.29, 0.717) is 4.91 Å². The molecule has 15 heavy (non-hydrogen) atoms. The third kappa shape index (κ3) is 1.92. The zero-order valence-electron chi connectivity index (χ0n) is 8.10. The summed E-state index contributed by atoms with van der Waals surface area (Å²) in [6.07, 6.45) is 5.11. The van der Waals surface area contributed by atoms with Crippen LogP contribution in [0.5, 0.6) is 0 Å². The summed E-state index contributed by atoms with van der Waals surface area (Å²) in [5.74, 6) is -0.131. The van der Waals surface area contributed by atoms with Crippen LogP contribution in [-0.4, -0.2) is 28.0 Å². The Kier molecular flexibility index (Phi) is 2.55. The van der Waals surface area contributed by atoms with Crippen LogP contribution in [0.15, 0.2) is 29.4 Å². The van der Waals surface area contributed by atoms with E-state index in [0.717, 1.165) is 5.56 Å².